The van der Waals surface area contributed by atoms with Gasteiger partial charge in [-0.05, 0) is 74.6 Å². The number of benzene rings is 2. The average Bonchev–Trinajstić information content (AvgIpc) is 3.35. The first kappa shape index (κ1) is 29.6. The molecule has 3 aromatic rings. The number of ether oxygens (including phenoxy) is 1. The average molecular weight is 573 g/mol. The quantitative estimate of drug-likeness (QED) is 0.301. The summed E-state index contributed by atoms with van der Waals surface area (Å²) in [6.45, 7) is 13.7. The third kappa shape index (κ3) is 7.05. The zero-order valence-electron chi connectivity index (χ0n) is 23.5. The summed E-state index contributed by atoms with van der Waals surface area (Å²) in [4.78, 5) is 23.1. The van der Waals surface area contributed by atoms with E-state index in [2.05, 4.69) is 24.0 Å². The van der Waals surface area contributed by atoms with Gasteiger partial charge in [-0.3, -0.25) is 14.6 Å². The molecule has 0 bridgehead atoms. The molecule has 0 radical (unpaired) electrons. The molecule has 0 unspecified atom stereocenters. The fraction of sp³-hybridized carbons (Fsp3) is 0.517. The molecule has 1 aromatic heterocycles. The SMILES string of the molecule is CCCN(CCC)S(=O)(=O)c1ccc(C(=O)N(CCCN2CCOCC2)c2nc3c(C)cc(C)cc3s2)cc1. The smallest absolute Gasteiger partial charge is 0.260 e. The number of sulfonamides is 1. The van der Waals surface area contributed by atoms with Gasteiger partial charge in [0.15, 0.2) is 5.13 Å². The molecule has 4 rings (SSSR count). The molecule has 2 heterocycles. The lowest BCUT2D eigenvalue weighted by Gasteiger charge is -2.27. The number of hydrogen-bond donors (Lipinski definition) is 0. The molecule has 0 N–H and O–H groups in total. The standard InChI is InChI=1S/C29H40N4O4S2/c1-5-12-32(13-6-2)39(35,36)25-10-8-24(9-11-25)28(34)33(15-7-14-31-16-18-37-19-17-31)29-30-27-23(4)20-22(3)21-26(27)38-29/h8-11,20-21H,5-7,12-19H2,1-4H3. The van der Waals surface area contributed by atoms with Crippen LogP contribution in [0.4, 0.5) is 5.13 Å². The molecule has 1 saturated heterocycles. The maximum atomic E-state index is 13.9. The van der Waals surface area contributed by atoms with Crippen LogP contribution in [-0.2, 0) is 14.8 Å². The van der Waals surface area contributed by atoms with Crippen LogP contribution in [0.15, 0.2) is 41.3 Å². The maximum absolute atomic E-state index is 13.9. The number of anilines is 1. The van der Waals surface area contributed by atoms with Gasteiger partial charge in [0.25, 0.3) is 5.91 Å². The van der Waals surface area contributed by atoms with E-state index in [9.17, 15) is 13.2 Å². The van der Waals surface area contributed by atoms with E-state index in [4.69, 9.17) is 9.72 Å². The molecule has 1 aliphatic heterocycles. The lowest BCUT2D eigenvalue weighted by atomic mass is 10.1. The summed E-state index contributed by atoms with van der Waals surface area (Å²) in [7, 11) is -3.61. The Bertz CT molecular complexity index is 1360. The molecule has 2 aromatic carbocycles. The molecular weight excluding hydrogens is 532 g/mol. The van der Waals surface area contributed by atoms with E-state index in [1.54, 1.807) is 29.2 Å². The van der Waals surface area contributed by atoms with Crippen molar-refractivity contribution in [2.45, 2.75) is 51.9 Å². The molecule has 0 spiro atoms. The Labute approximate surface area is 236 Å². The lowest BCUT2D eigenvalue weighted by Crippen LogP contribution is -2.39. The Hall–Kier alpha value is -2.37. The van der Waals surface area contributed by atoms with Crippen LogP contribution in [0.25, 0.3) is 10.2 Å². The van der Waals surface area contributed by atoms with E-state index in [0.717, 1.165) is 73.5 Å². The van der Waals surface area contributed by atoms with Gasteiger partial charge in [-0.15, -0.1) is 0 Å². The summed E-state index contributed by atoms with van der Waals surface area (Å²) in [5, 5.41) is 0.666. The van der Waals surface area contributed by atoms with E-state index in [1.165, 1.54) is 15.6 Å². The third-order valence-electron chi connectivity index (χ3n) is 6.94. The van der Waals surface area contributed by atoms with E-state index in [-0.39, 0.29) is 10.8 Å². The highest BCUT2D eigenvalue weighted by atomic mass is 32.2. The van der Waals surface area contributed by atoms with Gasteiger partial charge in [0.2, 0.25) is 10.0 Å². The summed E-state index contributed by atoms with van der Waals surface area (Å²) in [5.74, 6) is -0.173. The molecule has 0 atom stereocenters. The van der Waals surface area contributed by atoms with Gasteiger partial charge in [0, 0.05) is 44.8 Å². The molecular formula is C29H40N4O4S2. The number of carbonyl (C=O) groups excluding carboxylic acids is 1. The molecule has 39 heavy (non-hydrogen) atoms. The predicted octanol–water partition coefficient (Wildman–Crippen LogP) is 5.09. The van der Waals surface area contributed by atoms with Crippen molar-refractivity contribution in [3.63, 3.8) is 0 Å². The van der Waals surface area contributed by atoms with Crippen molar-refractivity contribution < 1.29 is 17.9 Å². The molecule has 1 aliphatic rings. The van der Waals surface area contributed by atoms with Gasteiger partial charge >= 0.3 is 0 Å². The minimum atomic E-state index is -3.61. The lowest BCUT2D eigenvalue weighted by molar-refractivity contribution is 0.0376. The molecule has 1 fully saturated rings. The number of hydrogen-bond acceptors (Lipinski definition) is 7. The highest BCUT2D eigenvalue weighted by Crippen LogP contribution is 2.33. The topological polar surface area (TPSA) is 83.1 Å². The largest absolute Gasteiger partial charge is 0.379 e. The van der Waals surface area contributed by atoms with Crippen LogP contribution < -0.4 is 4.90 Å². The van der Waals surface area contributed by atoms with E-state index < -0.39 is 10.0 Å². The van der Waals surface area contributed by atoms with Gasteiger partial charge in [0.1, 0.15) is 0 Å². The van der Waals surface area contributed by atoms with Gasteiger partial charge in [0.05, 0.1) is 28.3 Å². The van der Waals surface area contributed by atoms with Crippen molar-refractivity contribution in [3.8, 4) is 0 Å². The number of amides is 1. The van der Waals surface area contributed by atoms with Crippen LogP contribution in [-0.4, -0.2) is 81.0 Å². The van der Waals surface area contributed by atoms with Crippen molar-refractivity contribution in [2.75, 3.05) is 57.4 Å². The summed E-state index contributed by atoms with van der Waals surface area (Å²) >= 11 is 1.52. The van der Waals surface area contributed by atoms with Gasteiger partial charge in [-0.25, -0.2) is 13.4 Å². The van der Waals surface area contributed by atoms with Gasteiger partial charge < -0.3 is 4.74 Å². The van der Waals surface area contributed by atoms with Crippen molar-refractivity contribution >= 4 is 42.6 Å². The Morgan fingerprint density at radius 1 is 1.03 bits per heavy atom. The summed E-state index contributed by atoms with van der Waals surface area (Å²) in [6, 6.07) is 10.6. The molecule has 8 nitrogen and oxygen atoms in total. The molecule has 0 saturated carbocycles. The monoisotopic (exact) mass is 572 g/mol. The summed E-state index contributed by atoms with van der Waals surface area (Å²) < 4.78 is 34.5. The minimum absolute atomic E-state index is 0.173. The maximum Gasteiger partial charge on any atom is 0.260 e. The number of aryl methyl sites for hydroxylation is 2. The van der Waals surface area contributed by atoms with Crippen molar-refractivity contribution in [2.24, 2.45) is 0 Å². The van der Waals surface area contributed by atoms with E-state index in [0.29, 0.717) is 30.3 Å². The van der Waals surface area contributed by atoms with Crippen LogP contribution in [0.3, 0.4) is 0 Å². The second-order valence-electron chi connectivity index (χ2n) is 10.1. The minimum Gasteiger partial charge on any atom is -0.379 e. The van der Waals surface area contributed by atoms with Gasteiger partial charge in [-0.2, -0.15) is 4.31 Å². The van der Waals surface area contributed by atoms with Crippen LogP contribution in [0, 0.1) is 13.8 Å². The van der Waals surface area contributed by atoms with Crippen LogP contribution in [0.2, 0.25) is 0 Å². The molecule has 0 aliphatic carbocycles. The zero-order valence-corrected chi connectivity index (χ0v) is 25.1. The normalized spacial score (nSPS) is 14.8. The van der Waals surface area contributed by atoms with Crippen molar-refractivity contribution in [1.29, 1.82) is 0 Å². The molecule has 10 heteroatoms. The first-order valence-corrected chi connectivity index (χ1v) is 16.1. The number of fused-ring (bicyclic) bond motifs is 1. The third-order valence-corrected chi connectivity index (χ3v) is 9.88. The van der Waals surface area contributed by atoms with Gasteiger partial charge in [-0.1, -0.05) is 31.3 Å². The van der Waals surface area contributed by atoms with Crippen LogP contribution >= 0.6 is 11.3 Å². The zero-order chi connectivity index (χ0) is 28.0. The number of morpholine rings is 1. The Kier molecular flexibility index (Phi) is 10.1. The first-order valence-electron chi connectivity index (χ1n) is 13.8. The second-order valence-corrected chi connectivity index (χ2v) is 13.1. The fourth-order valence-electron chi connectivity index (χ4n) is 4.96. The number of carbonyl (C=O) groups is 1. The Balaban J connectivity index is 1.60. The highest BCUT2D eigenvalue weighted by Gasteiger charge is 2.26. The summed E-state index contributed by atoms with van der Waals surface area (Å²) in [5.41, 5.74) is 3.62. The number of nitrogens with zero attached hydrogens (tertiary/aromatic N) is 4. The number of aromatic nitrogens is 1. The Morgan fingerprint density at radius 3 is 2.33 bits per heavy atom. The van der Waals surface area contributed by atoms with Crippen molar-refractivity contribution in [3.05, 3.63) is 53.1 Å². The molecule has 1 amide bonds. The number of thiazole rings is 1. The summed E-state index contributed by atoms with van der Waals surface area (Å²) in [6.07, 6.45) is 2.29. The van der Waals surface area contributed by atoms with Crippen LogP contribution in [0.5, 0.6) is 0 Å². The fourth-order valence-corrected chi connectivity index (χ4v) is 7.75. The van der Waals surface area contributed by atoms with Crippen molar-refractivity contribution in [1.82, 2.24) is 14.2 Å². The highest BCUT2D eigenvalue weighted by molar-refractivity contribution is 7.89. The predicted molar refractivity (Wildman–Crippen MR) is 158 cm³/mol. The van der Waals surface area contributed by atoms with E-state index in [1.807, 2.05) is 20.8 Å². The Morgan fingerprint density at radius 2 is 1.69 bits per heavy atom. The van der Waals surface area contributed by atoms with Crippen LogP contribution in [0.1, 0.15) is 54.6 Å². The first-order chi connectivity index (χ1) is 18.7. The molecule has 212 valence electrons. The van der Waals surface area contributed by atoms with E-state index >= 15 is 0 Å². The number of rotatable bonds is 12. The second kappa shape index (κ2) is 13.3.